The van der Waals surface area contributed by atoms with E-state index in [4.69, 9.17) is 67.6 Å². The number of amides is 1. The third kappa shape index (κ3) is 20.2. The topological polar surface area (TPSA) is 483 Å². The van der Waals surface area contributed by atoms with Crippen molar-refractivity contribution in [2.45, 2.75) is 91.2 Å². The average molecular weight is 1580 g/mol. The van der Waals surface area contributed by atoms with Gasteiger partial charge in [-0.1, -0.05) is 58.5 Å². The van der Waals surface area contributed by atoms with Crippen molar-refractivity contribution in [1.82, 2.24) is 85.4 Å². The Morgan fingerprint density at radius 1 is 0.514 bits per heavy atom. The number of nitrogens with zero attached hydrogens (tertiary/aromatic N) is 13. The zero-order valence-corrected chi connectivity index (χ0v) is 60.9. The molecule has 0 atom stereocenters. The molecule has 16 N–H and O–H groups in total. The summed E-state index contributed by atoms with van der Waals surface area (Å²) in [6.45, 7) is -0.321. The molecule has 12 aromatic rings. The fraction of sp³-hybridized carbons (Fsp3) is 0.217. The molecule has 16 rings (SSSR count). The van der Waals surface area contributed by atoms with Crippen LogP contribution >= 0.6 is 46.4 Å². The zero-order valence-electron chi connectivity index (χ0n) is 56.2. The summed E-state index contributed by atoms with van der Waals surface area (Å²) in [5.41, 5.74) is 13.7. The van der Waals surface area contributed by atoms with Gasteiger partial charge in [0.2, 0.25) is 37.9 Å². The standard InChI is InChI=1S/C18H16ClN7.C18H19ClN6O3S.C17H17N7O.C16H14Cl2N6O2S.11H2/c19-14-10-21-18(22-13-5-1-11(2-6-13)7-8-20)24-17(14)23-16-9-15(25-26-16)12-3-4-12;19-14-10-20-17(12-3-5-13(6-4-12)29(27,28)21-7-8-26)23-18(14)22-16-9-15(24-25-16)11-1-2-11;18-16(25)11-3-5-12(6-4-11)20-17-19-8-7-14(22-17)21-15-9-13(23-24-15)10-1-2-10;17-10-4-3-9(5-13(10)27(19,25)26)15-20-7-11(18)16(22-15)21-14-6-12(23-24-14)8-1-2-8;;;;;;;;;;;/h1-2,5-6,9-10,12H,3-4,7H2,(H3,21,22,23,24,25,26);3-6,9-11,21,26H,1-2,7-8H2,(H2,20,22,23,24,25);3-10H,1-2H2,(H2,18,25)(H3,19,20,21,22,23,24);3-8H,1-2H2,(H2,19,25,26)(H2,20,21,22,23,24);11*1H. The molecular formula is C69H88Cl4N26O6S2. The number of carbonyl (C=O) groups is 1. The number of H-pyrrole nitrogens is 4. The molecule has 8 heterocycles. The van der Waals surface area contributed by atoms with Gasteiger partial charge < -0.3 is 42.7 Å². The van der Waals surface area contributed by atoms with Gasteiger partial charge in [0, 0.05) is 127 Å². The summed E-state index contributed by atoms with van der Waals surface area (Å²) in [6, 6.07) is 36.6. The van der Waals surface area contributed by atoms with Gasteiger partial charge in [0.15, 0.2) is 52.4 Å². The quantitative estimate of drug-likeness (QED) is 0.0253. The minimum absolute atomic E-state index is 0. The number of aliphatic hydroxyl groups excluding tert-OH is 1. The summed E-state index contributed by atoms with van der Waals surface area (Å²) in [5.74, 6) is 7.87. The van der Waals surface area contributed by atoms with Crippen molar-refractivity contribution in [2.24, 2.45) is 10.9 Å². The van der Waals surface area contributed by atoms with Crippen molar-refractivity contribution in [3.8, 4) is 28.8 Å². The van der Waals surface area contributed by atoms with Gasteiger partial charge >= 0.3 is 0 Å². The molecule has 0 radical (unpaired) electrons. The lowest BCUT2D eigenvalue weighted by Gasteiger charge is -2.09. The van der Waals surface area contributed by atoms with Gasteiger partial charge in [0.05, 0.1) is 47.6 Å². The Morgan fingerprint density at radius 2 is 0.953 bits per heavy atom. The molecule has 0 saturated heterocycles. The lowest BCUT2D eigenvalue weighted by atomic mass is 10.1. The number of aromatic nitrogens is 16. The minimum Gasteiger partial charge on any atom is -0.395 e. The van der Waals surface area contributed by atoms with Crippen molar-refractivity contribution in [3.05, 3.63) is 200 Å². The number of nitrogens with two attached hydrogens (primary N) is 2. The van der Waals surface area contributed by atoms with Crippen LogP contribution in [0.4, 0.5) is 69.8 Å². The van der Waals surface area contributed by atoms with Crippen LogP contribution in [0.5, 0.6) is 0 Å². The van der Waals surface area contributed by atoms with Gasteiger partial charge in [-0.05, 0) is 142 Å². The fourth-order valence-electron chi connectivity index (χ4n) is 10.4. The van der Waals surface area contributed by atoms with Crippen molar-refractivity contribution in [3.63, 3.8) is 0 Å². The van der Waals surface area contributed by atoms with E-state index in [1.54, 1.807) is 54.7 Å². The Hall–Kier alpha value is -11.3. The number of rotatable bonds is 25. The second kappa shape index (κ2) is 33.0. The first-order valence-corrected chi connectivity index (χ1v) is 37.8. The number of nitriles is 1. The Labute approximate surface area is 648 Å². The molecule has 8 aromatic heterocycles. The van der Waals surface area contributed by atoms with E-state index < -0.39 is 26.0 Å². The Morgan fingerprint density at radius 3 is 1.41 bits per heavy atom. The monoisotopic (exact) mass is 1580 g/mol. The number of anilines is 12. The molecule has 570 valence electrons. The summed E-state index contributed by atoms with van der Waals surface area (Å²) in [4.78, 5) is 45.4. The number of hydrogen-bond donors (Lipinski definition) is 14. The number of nitrogens with one attached hydrogen (secondary N) is 11. The van der Waals surface area contributed by atoms with Gasteiger partial charge in [-0.15, -0.1) is 0 Å². The van der Waals surface area contributed by atoms with E-state index in [0.29, 0.717) is 120 Å². The molecule has 0 spiro atoms. The van der Waals surface area contributed by atoms with Gasteiger partial charge in [-0.25, -0.2) is 56.6 Å². The van der Waals surface area contributed by atoms with Crippen molar-refractivity contribution in [1.29, 1.82) is 5.26 Å². The summed E-state index contributed by atoms with van der Waals surface area (Å²) < 4.78 is 49.8. The molecule has 4 fully saturated rings. The average Bonchev–Trinajstić information content (AvgIpc) is 0.814. The normalized spacial score (nSPS) is 13.8. The van der Waals surface area contributed by atoms with Gasteiger partial charge in [0.1, 0.15) is 25.8 Å². The highest BCUT2D eigenvalue weighted by Crippen LogP contribution is 2.43. The van der Waals surface area contributed by atoms with E-state index in [1.165, 1.54) is 81.4 Å². The number of aromatic amines is 4. The number of hydrogen-bond acceptors (Lipinski definition) is 25. The predicted molar refractivity (Wildman–Crippen MR) is 429 cm³/mol. The van der Waals surface area contributed by atoms with E-state index in [1.807, 2.05) is 48.5 Å². The van der Waals surface area contributed by atoms with Crippen LogP contribution in [-0.4, -0.2) is 122 Å². The number of sulfonamides is 2. The van der Waals surface area contributed by atoms with E-state index in [-0.39, 0.29) is 49.5 Å². The van der Waals surface area contributed by atoms with Gasteiger partial charge in [0.25, 0.3) is 0 Å². The molecule has 0 bridgehead atoms. The Bertz CT molecular complexity index is 5490. The van der Waals surface area contributed by atoms with Crippen LogP contribution in [0.25, 0.3) is 22.8 Å². The van der Waals surface area contributed by atoms with E-state index in [9.17, 15) is 21.6 Å². The maximum Gasteiger partial charge on any atom is 0.248 e. The molecule has 32 nitrogen and oxygen atoms in total. The summed E-state index contributed by atoms with van der Waals surface area (Å²) in [7, 11) is -7.65. The van der Waals surface area contributed by atoms with Crippen LogP contribution < -0.4 is 47.5 Å². The first-order chi connectivity index (χ1) is 51.6. The second-order valence-corrected chi connectivity index (χ2v) is 29.9. The second-order valence-electron chi connectivity index (χ2n) is 24.9. The summed E-state index contributed by atoms with van der Waals surface area (Å²) >= 11 is 24.5. The van der Waals surface area contributed by atoms with Crippen LogP contribution in [-0.2, 0) is 26.5 Å². The van der Waals surface area contributed by atoms with Crippen molar-refractivity contribution in [2.75, 3.05) is 45.1 Å². The van der Waals surface area contributed by atoms with E-state index in [2.05, 4.69) is 123 Å². The first kappa shape index (κ1) is 74.0. The fourth-order valence-corrected chi connectivity index (χ4v) is 12.9. The molecule has 38 heteroatoms. The highest BCUT2D eigenvalue weighted by Gasteiger charge is 2.29. The van der Waals surface area contributed by atoms with Gasteiger partial charge in [-0.2, -0.15) is 35.6 Å². The van der Waals surface area contributed by atoms with Crippen molar-refractivity contribution >= 4 is 142 Å². The maximum atomic E-state index is 12.1. The first-order valence-electron chi connectivity index (χ1n) is 33.3. The maximum absolute atomic E-state index is 12.1. The number of carbonyl (C=O) groups excluding carboxylic acids is 1. The lowest BCUT2D eigenvalue weighted by Crippen LogP contribution is -2.26. The SMILES string of the molecule is N#CCc1ccc(Nc2ncc(Cl)c(Nc3cc(C4CC4)[nH]n3)n2)cc1.NC(=O)c1ccc(Nc2nccc(Nc3cc(C4CC4)[nH]n3)n2)cc1.NS(=O)(=O)c1cc(-c2ncc(Cl)c(Nc3cc(C4CC4)[nH]n3)n2)ccc1Cl.O=S(=O)(NCCO)c1ccc(-c2ncc(Cl)c(Nc3cc(C4CC4)[nH]n3)n2)cc1.[HH].[HH].[HH].[HH].[HH].[HH].[HH].[HH].[HH].[HH].[HH]. The smallest absolute Gasteiger partial charge is 0.248 e. The predicted octanol–water partition coefficient (Wildman–Crippen LogP) is 15.5. The largest absolute Gasteiger partial charge is 0.395 e. The summed E-state index contributed by atoms with van der Waals surface area (Å²) in [5, 5.41) is 71.5. The number of primary amides is 1. The van der Waals surface area contributed by atoms with Crippen LogP contribution in [0.15, 0.2) is 156 Å². The number of halogens is 4. The minimum atomic E-state index is -3.97. The zero-order chi connectivity index (χ0) is 74.8. The molecule has 4 saturated carbocycles. The molecular weight excluding hydrogens is 1490 g/mol. The molecule has 4 aliphatic rings. The van der Waals surface area contributed by atoms with Crippen LogP contribution in [0, 0.1) is 11.3 Å². The molecule has 0 unspecified atom stereocenters. The summed E-state index contributed by atoms with van der Waals surface area (Å²) in [6.07, 6.45) is 16.0. The Kier molecular flexibility index (Phi) is 22.9. The van der Waals surface area contributed by atoms with Crippen LogP contribution in [0.1, 0.15) is 129 Å². The third-order valence-electron chi connectivity index (χ3n) is 16.6. The number of primary sulfonamides is 1. The molecule has 4 aromatic carbocycles. The highest BCUT2D eigenvalue weighted by molar-refractivity contribution is 7.89. The van der Waals surface area contributed by atoms with Crippen molar-refractivity contribution < 1.29 is 42.4 Å². The Balaban J connectivity index is 0.000000518. The third-order valence-corrected chi connectivity index (χ3v) is 20.3. The van der Waals surface area contributed by atoms with E-state index >= 15 is 0 Å². The molecule has 107 heavy (non-hydrogen) atoms. The molecule has 4 aliphatic carbocycles. The number of aliphatic hydroxyl groups is 1. The van der Waals surface area contributed by atoms with Gasteiger partial charge in [-0.3, -0.25) is 25.2 Å². The van der Waals surface area contributed by atoms with E-state index in [0.717, 1.165) is 58.4 Å². The lowest BCUT2D eigenvalue weighted by molar-refractivity contribution is 0.1000. The van der Waals surface area contributed by atoms with Crippen LogP contribution in [0.3, 0.4) is 0 Å². The highest BCUT2D eigenvalue weighted by atomic mass is 35.5. The van der Waals surface area contributed by atoms with Crippen LogP contribution in [0.2, 0.25) is 20.1 Å². The number of benzene rings is 4. The molecule has 0 aliphatic heterocycles. The molecule has 1 amide bonds.